The van der Waals surface area contributed by atoms with Crippen molar-refractivity contribution in [2.75, 3.05) is 19.5 Å². The molecular formula is C24H27N5O4. The zero-order chi connectivity index (χ0) is 23.5. The number of methoxy groups -OCH3 is 1. The summed E-state index contributed by atoms with van der Waals surface area (Å²) < 4.78 is 12.5. The fourth-order valence-electron chi connectivity index (χ4n) is 4.08. The van der Waals surface area contributed by atoms with E-state index in [1.54, 1.807) is 22.9 Å². The van der Waals surface area contributed by atoms with Crippen molar-refractivity contribution in [1.29, 1.82) is 0 Å². The first-order valence-corrected chi connectivity index (χ1v) is 10.7. The molecule has 0 saturated carbocycles. The summed E-state index contributed by atoms with van der Waals surface area (Å²) in [6, 6.07) is 14.4. The maximum atomic E-state index is 12.5. The van der Waals surface area contributed by atoms with Crippen LogP contribution in [0.15, 0.2) is 48.5 Å². The van der Waals surface area contributed by atoms with Crippen LogP contribution < -0.4 is 21.5 Å². The minimum absolute atomic E-state index is 0.0543. The smallest absolute Gasteiger partial charge is 0.255 e. The molecule has 0 spiro atoms. The van der Waals surface area contributed by atoms with Crippen LogP contribution in [0.3, 0.4) is 0 Å². The third-order valence-electron chi connectivity index (χ3n) is 5.88. The minimum Gasteiger partial charge on any atom is -0.496 e. The molecule has 1 aliphatic heterocycles. The summed E-state index contributed by atoms with van der Waals surface area (Å²) in [6.45, 7) is 2.89. The zero-order valence-electron chi connectivity index (χ0n) is 18.6. The summed E-state index contributed by atoms with van der Waals surface area (Å²) >= 11 is 0. The number of ether oxygens (including phenoxy) is 2. The van der Waals surface area contributed by atoms with Crippen molar-refractivity contribution in [2.24, 2.45) is 5.73 Å². The molecule has 1 aliphatic rings. The first kappa shape index (κ1) is 22.3. The van der Waals surface area contributed by atoms with Gasteiger partial charge in [-0.05, 0) is 31.0 Å². The minimum atomic E-state index is -0.631. The Morgan fingerprint density at radius 3 is 2.58 bits per heavy atom. The molecule has 0 radical (unpaired) electrons. The number of carbonyl (C=O) groups is 2. The lowest BCUT2D eigenvalue weighted by molar-refractivity contribution is 0.0946. The van der Waals surface area contributed by atoms with Gasteiger partial charge in [0.25, 0.3) is 11.8 Å². The third-order valence-corrected chi connectivity index (χ3v) is 5.88. The molecule has 5 N–H and O–H groups in total. The molecule has 0 unspecified atom stereocenters. The van der Waals surface area contributed by atoms with Crippen LogP contribution in [0, 0.1) is 0 Å². The largest absolute Gasteiger partial charge is 0.496 e. The maximum Gasteiger partial charge on any atom is 0.255 e. The second kappa shape index (κ2) is 9.33. The van der Waals surface area contributed by atoms with Crippen molar-refractivity contribution in [3.63, 3.8) is 0 Å². The van der Waals surface area contributed by atoms with Crippen LogP contribution in [-0.4, -0.2) is 41.4 Å². The van der Waals surface area contributed by atoms with E-state index in [1.807, 2.05) is 37.3 Å². The molecule has 4 rings (SSSR count). The van der Waals surface area contributed by atoms with E-state index in [9.17, 15) is 9.59 Å². The summed E-state index contributed by atoms with van der Waals surface area (Å²) in [5, 5.41) is 7.51. The number of hydrogen-bond donors (Lipinski definition) is 3. The van der Waals surface area contributed by atoms with Crippen LogP contribution in [0.5, 0.6) is 5.75 Å². The van der Waals surface area contributed by atoms with E-state index < -0.39 is 5.91 Å². The van der Waals surface area contributed by atoms with Crippen LogP contribution in [0.1, 0.15) is 45.7 Å². The number of carbonyl (C=O) groups excluding carboxylic acids is 2. The van der Waals surface area contributed by atoms with E-state index in [1.165, 1.54) is 7.11 Å². The number of anilines is 1. The van der Waals surface area contributed by atoms with Crippen molar-refractivity contribution in [3.8, 4) is 17.0 Å². The average Bonchev–Trinajstić information content (AvgIpc) is 3.40. The Bertz CT molecular complexity index is 1170. The fraction of sp³-hybridized carbons (Fsp3) is 0.292. The van der Waals surface area contributed by atoms with Crippen LogP contribution >= 0.6 is 0 Å². The van der Waals surface area contributed by atoms with Gasteiger partial charge >= 0.3 is 0 Å². The second-order valence-electron chi connectivity index (χ2n) is 7.93. The lowest BCUT2D eigenvalue weighted by atomic mass is 10.0. The molecule has 1 fully saturated rings. The second-order valence-corrected chi connectivity index (χ2v) is 7.93. The normalized spacial score (nSPS) is 17.6. The Morgan fingerprint density at radius 1 is 1.21 bits per heavy atom. The van der Waals surface area contributed by atoms with Gasteiger partial charge < -0.3 is 26.3 Å². The number of nitrogens with two attached hydrogens (primary N) is 2. The Hall–Kier alpha value is -3.85. The van der Waals surface area contributed by atoms with Gasteiger partial charge in [0.1, 0.15) is 22.8 Å². The predicted molar refractivity (Wildman–Crippen MR) is 124 cm³/mol. The third kappa shape index (κ3) is 4.40. The van der Waals surface area contributed by atoms with Crippen LogP contribution in [0.2, 0.25) is 0 Å². The van der Waals surface area contributed by atoms with Gasteiger partial charge in [0, 0.05) is 18.7 Å². The van der Waals surface area contributed by atoms with Gasteiger partial charge in [0.2, 0.25) is 0 Å². The lowest BCUT2D eigenvalue weighted by Gasteiger charge is -2.16. The molecule has 2 amide bonds. The van der Waals surface area contributed by atoms with Crippen molar-refractivity contribution in [2.45, 2.75) is 32.0 Å². The number of nitrogens with zero attached hydrogens (tertiary/aromatic N) is 2. The van der Waals surface area contributed by atoms with Crippen molar-refractivity contribution in [3.05, 3.63) is 65.2 Å². The quantitative estimate of drug-likeness (QED) is 0.507. The number of para-hydroxylation sites is 1. The van der Waals surface area contributed by atoms with Gasteiger partial charge in [-0.1, -0.05) is 36.4 Å². The Kier molecular flexibility index (Phi) is 6.32. The predicted octanol–water partition coefficient (Wildman–Crippen LogP) is 2.52. The highest BCUT2D eigenvalue weighted by Crippen LogP contribution is 2.34. The van der Waals surface area contributed by atoms with E-state index in [2.05, 4.69) is 10.4 Å². The molecule has 9 heteroatoms. The van der Waals surface area contributed by atoms with E-state index in [4.69, 9.17) is 20.9 Å². The van der Waals surface area contributed by atoms with Gasteiger partial charge in [-0.2, -0.15) is 5.10 Å². The standard InChI is InChI=1S/C24H27N5O4/c1-14-18(11-12-33-14)29-22(25)20(23(26)30)21(28-29)16-9-7-15(8-10-16)13-27-24(31)17-5-3-4-6-19(17)32-2/h3-10,14,18H,11-13,25H2,1-2H3,(H2,26,30)(H,27,31)/t14-,18+/m0/s1. The molecule has 33 heavy (non-hydrogen) atoms. The van der Waals surface area contributed by atoms with E-state index in [0.717, 1.165) is 12.0 Å². The topological polar surface area (TPSA) is 134 Å². The van der Waals surface area contributed by atoms with Crippen LogP contribution in [0.4, 0.5) is 5.82 Å². The zero-order valence-corrected chi connectivity index (χ0v) is 18.6. The van der Waals surface area contributed by atoms with E-state index in [0.29, 0.717) is 35.7 Å². The number of rotatable bonds is 7. The molecule has 0 bridgehead atoms. The van der Waals surface area contributed by atoms with E-state index in [-0.39, 0.29) is 29.4 Å². The number of hydrogen-bond acceptors (Lipinski definition) is 6. The summed E-state index contributed by atoms with van der Waals surface area (Å²) in [5.74, 6) is -0.104. The maximum absolute atomic E-state index is 12.5. The summed E-state index contributed by atoms with van der Waals surface area (Å²) in [4.78, 5) is 24.7. The number of benzene rings is 2. The average molecular weight is 450 g/mol. The number of primary amides is 1. The SMILES string of the molecule is COc1ccccc1C(=O)NCc1ccc(-c2nn([C@@H]3CCO[C@H]3C)c(N)c2C(N)=O)cc1. The summed E-state index contributed by atoms with van der Waals surface area (Å²) in [5.41, 5.74) is 14.6. The summed E-state index contributed by atoms with van der Waals surface area (Å²) in [7, 11) is 1.53. The van der Waals surface area contributed by atoms with Gasteiger partial charge in [0.15, 0.2) is 0 Å². The van der Waals surface area contributed by atoms with Gasteiger partial charge in [-0.25, -0.2) is 4.68 Å². The molecule has 9 nitrogen and oxygen atoms in total. The van der Waals surface area contributed by atoms with Crippen LogP contribution in [-0.2, 0) is 11.3 Å². The monoisotopic (exact) mass is 449 g/mol. The molecule has 0 aliphatic carbocycles. The number of nitrogens with one attached hydrogen (secondary N) is 1. The Balaban J connectivity index is 1.53. The molecule has 3 aromatic rings. The van der Waals surface area contributed by atoms with Crippen molar-refractivity contribution in [1.82, 2.24) is 15.1 Å². The van der Waals surface area contributed by atoms with Gasteiger partial charge in [-0.15, -0.1) is 0 Å². The highest BCUT2D eigenvalue weighted by molar-refractivity contribution is 6.03. The van der Waals surface area contributed by atoms with Crippen molar-refractivity contribution < 1.29 is 19.1 Å². The van der Waals surface area contributed by atoms with Gasteiger partial charge in [-0.3, -0.25) is 9.59 Å². The molecule has 2 atom stereocenters. The molecule has 2 heterocycles. The van der Waals surface area contributed by atoms with E-state index >= 15 is 0 Å². The fourth-order valence-corrected chi connectivity index (χ4v) is 4.08. The first-order chi connectivity index (χ1) is 15.9. The van der Waals surface area contributed by atoms with Crippen molar-refractivity contribution >= 4 is 17.6 Å². The highest BCUT2D eigenvalue weighted by Gasteiger charge is 2.31. The molecule has 172 valence electrons. The lowest BCUT2D eigenvalue weighted by Crippen LogP contribution is -2.23. The van der Waals surface area contributed by atoms with Gasteiger partial charge in [0.05, 0.1) is 24.8 Å². The van der Waals surface area contributed by atoms with Crippen LogP contribution in [0.25, 0.3) is 11.3 Å². The number of aromatic nitrogens is 2. The first-order valence-electron chi connectivity index (χ1n) is 10.7. The molecule has 1 aromatic heterocycles. The number of amides is 2. The molecular weight excluding hydrogens is 422 g/mol. The Labute approximate surface area is 191 Å². The Morgan fingerprint density at radius 2 is 1.94 bits per heavy atom. The summed E-state index contributed by atoms with van der Waals surface area (Å²) in [6.07, 6.45) is 0.699. The number of nitrogen functional groups attached to an aromatic ring is 1. The molecule has 1 saturated heterocycles. The molecule has 2 aromatic carbocycles. The highest BCUT2D eigenvalue weighted by atomic mass is 16.5.